The number of piperazine rings is 1. The number of hydrogen-bond donors (Lipinski definition) is 0. The molecule has 0 spiro atoms. The van der Waals surface area contributed by atoms with Gasteiger partial charge in [-0.1, -0.05) is 30.3 Å². The number of fused-ring (bicyclic) bond motifs is 1. The molecule has 1 saturated heterocycles. The Balaban J connectivity index is 1.45. The summed E-state index contributed by atoms with van der Waals surface area (Å²) in [6.45, 7) is 2.50. The summed E-state index contributed by atoms with van der Waals surface area (Å²) >= 11 is 0. The maximum atomic E-state index is 13.9. The van der Waals surface area contributed by atoms with Crippen LogP contribution in [0.2, 0.25) is 0 Å². The van der Waals surface area contributed by atoms with Crippen molar-refractivity contribution in [2.24, 2.45) is 0 Å². The van der Waals surface area contributed by atoms with Crippen LogP contribution < -0.4 is 4.90 Å². The van der Waals surface area contributed by atoms with Crippen molar-refractivity contribution in [3.05, 3.63) is 66.1 Å². The van der Waals surface area contributed by atoms with E-state index in [4.69, 9.17) is 0 Å². The fourth-order valence-corrected chi connectivity index (χ4v) is 3.62. The molecule has 2 heterocycles. The van der Waals surface area contributed by atoms with Crippen LogP contribution >= 0.6 is 0 Å². The van der Waals surface area contributed by atoms with E-state index in [1.54, 1.807) is 23.2 Å². The van der Waals surface area contributed by atoms with Gasteiger partial charge in [0.2, 0.25) is 5.91 Å². The molecule has 0 saturated carbocycles. The van der Waals surface area contributed by atoms with Gasteiger partial charge in [-0.05, 0) is 18.2 Å². The van der Waals surface area contributed by atoms with Crippen molar-refractivity contribution in [3.63, 3.8) is 0 Å². The second-order valence-electron chi connectivity index (χ2n) is 6.62. The number of para-hydroxylation sites is 2. The molecular formula is C21H19FN4O. The molecule has 0 bridgehead atoms. The van der Waals surface area contributed by atoms with Crippen LogP contribution in [0.3, 0.4) is 0 Å². The molecule has 6 heteroatoms. The number of hydrogen-bond acceptors (Lipinski definition) is 3. The number of nitriles is 1. The third-order valence-electron chi connectivity index (χ3n) is 5.04. The maximum Gasteiger partial charge on any atom is 0.242 e. The number of carbonyl (C=O) groups excluding carboxylic acids is 1. The summed E-state index contributed by atoms with van der Waals surface area (Å²) in [6, 6.07) is 16.5. The van der Waals surface area contributed by atoms with Crippen molar-refractivity contribution in [2.75, 3.05) is 31.1 Å². The summed E-state index contributed by atoms with van der Waals surface area (Å²) in [5.41, 5.74) is 2.04. The number of rotatable bonds is 3. The van der Waals surface area contributed by atoms with Gasteiger partial charge in [0.15, 0.2) is 0 Å². The molecule has 2 aromatic carbocycles. The van der Waals surface area contributed by atoms with E-state index in [9.17, 15) is 14.4 Å². The Bertz CT molecular complexity index is 1030. The third kappa shape index (κ3) is 3.24. The lowest BCUT2D eigenvalue weighted by molar-refractivity contribution is -0.132. The first kappa shape index (κ1) is 17.1. The standard InChI is InChI=1S/C21H19FN4O/c22-18-6-2-4-8-20(18)24-9-11-25(12-10-24)21(27)15-26-14-16(13-23)17-5-1-3-7-19(17)26/h1-8,14H,9-12,15H2. The van der Waals surface area contributed by atoms with Crippen molar-refractivity contribution < 1.29 is 9.18 Å². The van der Waals surface area contributed by atoms with E-state index in [2.05, 4.69) is 6.07 Å². The van der Waals surface area contributed by atoms with Crippen LogP contribution in [0.5, 0.6) is 0 Å². The van der Waals surface area contributed by atoms with Crippen molar-refractivity contribution in [3.8, 4) is 6.07 Å². The van der Waals surface area contributed by atoms with Crippen LogP contribution in [-0.4, -0.2) is 41.6 Å². The Kier molecular flexibility index (Phi) is 4.51. The van der Waals surface area contributed by atoms with Crippen LogP contribution in [-0.2, 0) is 11.3 Å². The second kappa shape index (κ2) is 7.12. The van der Waals surface area contributed by atoms with Crippen LogP contribution in [0.4, 0.5) is 10.1 Å². The summed E-state index contributed by atoms with van der Waals surface area (Å²) in [6.07, 6.45) is 1.73. The zero-order valence-corrected chi connectivity index (χ0v) is 14.8. The predicted octanol–water partition coefficient (Wildman–Crippen LogP) is 3.00. The van der Waals surface area contributed by atoms with Crippen molar-refractivity contribution >= 4 is 22.5 Å². The summed E-state index contributed by atoms with van der Waals surface area (Å²) in [7, 11) is 0. The van der Waals surface area contributed by atoms with E-state index in [1.807, 2.05) is 39.8 Å². The zero-order chi connectivity index (χ0) is 18.8. The molecule has 1 aliphatic rings. The number of nitrogens with zero attached hydrogens (tertiary/aromatic N) is 4. The average molecular weight is 362 g/mol. The molecule has 1 aromatic heterocycles. The van der Waals surface area contributed by atoms with E-state index >= 15 is 0 Å². The fraction of sp³-hybridized carbons (Fsp3) is 0.238. The molecular weight excluding hydrogens is 343 g/mol. The largest absolute Gasteiger partial charge is 0.366 e. The third-order valence-corrected chi connectivity index (χ3v) is 5.04. The van der Waals surface area contributed by atoms with Gasteiger partial charge in [0.1, 0.15) is 18.4 Å². The zero-order valence-electron chi connectivity index (χ0n) is 14.8. The van der Waals surface area contributed by atoms with Gasteiger partial charge in [-0.2, -0.15) is 5.26 Å². The lowest BCUT2D eigenvalue weighted by atomic mass is 10.2. The van der Waals surface area contributed by atoms with Crippen LogP contribution in [0.1, 0.15) is 5.56 Å². The molecule has 5 nitrogen and oxygen atoms in total. The Labute approximate surface area is 156 Å². The number of carbonyl (C=O) groups is 1. The van der Waals surface area contributed by atoms with Gasteiger partial charge in [0, 0.05) is 43.3 Å². The number of halogens is 1. The Morgan fingerprint density at radius 1 is 1.04 bits per heavy atom. The number of amides is 1. The minimum absolute atomic E-state index is 0.00780. The van der Waals surface area contributed by atoms with Crippen molar-refractivity contribution in [1.82, 2.24) is 9.47 Å². The summed E-state index contributed by atoms with van der Waals surface area (Å²) in [4.78, 5) is 16.5. The monoisotopic (exact) mass is 362 g/mol. The molecule has 0 N–H and O–H groups in total. The number of benzene rings is 2. The minimum Gasteiger partial charge on any atom is -0.366 e. The molecule has 0 aliphatic carbocycles. The molecule has 1 amide bonds. The van der Waals surface area contributed by atoms with Gasteiger partial charge in [-0.25, -0.2) is 4.39 Å². The van der Waals surface area contributed by atoms with Gasteiger partial charge in [0.25, 0.3) is 0 Å². The SMILES string of the molecule is N#Cc1cn(CC(=O)N2CCN(c3ccccc3F)CC2)c2ccccc12. The van der Waals surface area contributed by atoms with E-state index in [-0.39, 0.29) is 18.3 Å². The summed E-state index contributed by atoms with van der Waals surface area (Å²) < 4.78 is 15.8. The smallest absolute Gasteiger partial charge is 0.242 e. The first-order chi connectivity index (χ1) is 13.2. The molecule has 27 heavy (non-hydrogen) atoms. The first-order valence-electron chi connectivity index (χ1n) is 8.92. The summed E-state index contributed by atoms with van der Waals surface area (Å²) in [5.74, 6) is -0.228. The van der Waals surface area contributed by atoms with Crippen LogP contribution in [0, 0.1) is 17.1 Å². The lowest BCUT2D eigenvalue weighted by Gasteiger charge is -2.36. The van der Waals surface area contributed by atoms with Crippen molar-refractivity contribution in [1.29, 1.82) is 5.26 Å². The molecule has 0 atom stereocenters. The highest BCUT2D eigenvalue weighted by Gasteiger charge is 2.23. The van der Waals surface area contributed by atoms with Gasteiger partial charge in [-0.3, -0.25) is 4.79 Å². The van der Waals surface area contributed by atoms with E-state index in [1.165, 1.54) is 6.07 Å². The van der Waals surface area contributed by atoms with Gasteiger partial charge in [0.05, 0.1) is 11.3 Å². The minimum atomic E-state index is -0.236. The molecule has 136 valence electrons. The van der Waals surface area contributed by atoms with Crippen molar-refractivity contribution in [2.45, 2.75) is 6.54 Å². The molecule has 0 radical (unpaired) electrons. The van der Waals surface area contributed by atoms with E-state index in [0.29, 0.717) is 37.4 Å². The highest BCUT2D eigenvalue weighted by molar-refractivity contribution is 5.88. The Hall–Kier alpha value is -3.33. The topological polar surface area (TPSA) is 52.3 Å². The second-order valence-corrected chi connectivity index (χ2v) is 6.62. The Morgan fingerprint density at radius 2 is 1.74 bits per heavy atom. The van der Waals surface area contributed by atoms with Gasteiger partial charge in [-0.15, -0.1) is 0 Å². The molecule has 3 aromatic rings. The van der Waals surface area contributed by atoms with E-state index < -0.39 is 0 Å². The molecule has 1 aliphatic heterocycles. The highest BCUT2D eigenvalue weighted by Crippen LogP contribution is 2.22. The maximum absolute atomic E-state index is 13.9. The predicted molar refractivity (Wildman–Crippen MR) is 102 cm³/mol. The van der Waals surface area contributed by atoms with E-state index in [0.717, 1.165) is 10.9 Å². The van der Waals surface area contributed by atoms with Crippen LogP contribution in [0.25, 0.3) is 10.9 Å². The first-order valence-corrected chi connectivity index (χ1v) is 8.92. The lowest BCUT2D eigenvalue weighted by Crippen LogP contribution is -2.49. The fourth-order valence-electron chi connectivity index (χ4n) is 3.62. The molecule has 1 fully saturated rings. The number of aromatic nitrogens is 1. The highest BCUT2D eigenvalue weighted by atomic mass is 19.1. The molecule has 4 rings (SSSR count). The van der Waals surface area contributed by atoms with Gasteiger partial charge >= 0.3 is 0 Å². The van der Waals surface area contributed by atoms with Gasteiger partial charge < -0.3 is 14.4 Å². The number of anilines is 1. The quantitative estimate of drug-likeness (QED) is 0.720. The Morgan fingerprint density at radius 3 is 2.48 bits per heavy atom. The average Bonchev–Trinajstić information content (AvgIpc) is 3.06. The summed E-state index contributed by atoms with van der Waals surface area (Å²) in [5, 5.41) is 10.2. The van der Waals surface area contributed by atoms with Crippen LogP contribution in [0.15, 0.2) is 54.7 Å². The normalized spacial score (nSPS) is 14.4. The molecule has 0 unspecified atom stereocenters.